The first-order valence-electron chi connectivity index (χ1n) is 6.74. The highest BCUT2D eigenvalue weighted by molar-refractivity contribution is 5.76. The summed E-state index contributed by atoms with van der Waals surface area (Å²) < 4.78 is 37.5. The molecule has 1 heterocycles. The van der Waals surface area contributed by atoms with Gasteiger partial charge in [-0.3, -0.25) is 4.79 Å². The maximum Gasteiger partial charge on any atom is 0.391 e. The number of nitriles is 1. The van der Waals surface area contributed by atoms with Gasteiger partial charge in [0.1, 0.15) is 0 Å². The van der Waals surface area contributed by atoms with Crippen molar-refractivity contribution in [2.24, 2.45) is 5.92 Å². The van der Waals surface area contributed by atoms with Crippen molar-refractivity contribution in [1.29, 1.82) is 5.26 Å². The van der Waals surface area contributed by atoms with Crippen LogP contribution in [0.4, 0.5) is 13.2 Å². The number of halogens is 3. The van der Waals surface area contributed by atoms with Crippen molar-refractivity contribution < 1.29 is 18.0 Å². The summed E-state index contributed by atoms with van der Waals surface area (Å²) in [6.45, 7) is 1.66. The molecule has 4 nitrogen and oxygen atoms in total. The normalized spacial score (nSPS) is 17.8. The Bertz CT molecular complexity index is 357. The summed E-state index contributed by atoms with van der Waals surface area (Å²) in [5.41, 5.74) is 0. The van der Waals surface area contributed by atoms with Crippen LogP contribution in [0.2, 0.25) is 0 Å². The van der Waals surface area contributed by atoms with Crippen molar-refractivity contribution in [1.82, 2.24) is 9.80 Å². The minimum Gasteiger partial charge on any atom is -0.345 e. The van der Waals surface area contributed by atoms with Crippen molar-refractivity contribution in [3.63, 3.8) is 0 Å². The Morgan fingerprint density at radius 1 is 1.40 bits per heavy atom. The number of carbonyl (C=O) groups excluding carboxylic acids is 1. The number of likely N-dealkylation sites (tertiary alicyclic amines) is 1. The van der Waals surface area contributed by atoms with Crippen LogP contribution in [-0.4, -0.2) is 55.1 Å². The fraction of sp³-hybridized carbons (Fsp3) is 0.846. The van der Waals surface area contributed by atoms with E-state index in [1.54, 1.807) is 7.05 Å². The van der Waals surface area contributed by atoms with E-state index in [1.807, 2.05) is 11.0 Å². The molecule has 7 heteroatoms. The zero-order valence-corrected chi connectivity index (χ0v) is 11.6. The molecule has 0 aromatic rings. The molecule has 20 heavy (non-hydrogen) atoms. The molecule has 0 bridgehead atoms. The van der Waals surface area contributed by atoms with Crippen LogP contribution in [0.5, 0.6) is 0 Å². The molecule has 1 saturated heterocycles. The van der Waals surface area contributed by atoms with Crippen LogP contribution in [-0.2, 0) is 4.79 Å². The summed E-state index contributed by atoms with van der Waals surface area (Å²) in [6.07, 6.45) is -3.29. The Morgan fingerprint density at radius 3 is 2.50 bits per heavy atom. The zero-order valence-electron chi connectivity index (χ0n) is 11.6. The number of amides is 1. The number of alkyl halides is 3. The average Bonchev–Trinajstić information content (AvgIpc) is 2.41. The lowest BCUT2D eigenvalue weighted by Crippen LogP contribution is -2.40. The standard InChI is InChI=1S/C13H20F3N3O/c1-18(7-2-6-17)12(20)5-10-19-8-3-11(4-9-19)13(14,15)16/h11H,2-5,7-10H2,1H3. The molecular formula is C13H20F3N3O. The van der Waals surface area contributed by atoms with Gasteiger partial charge >= 0.3 is 6.18 Å². The van der Waals surface area contributed by atoms with Crippen LogP contribution in [0, 0.1) is 17.2 Å². The van der Waals surface area contributed by atoms with E-state index in [0.29, 0.717) is 39.0 Å². The van der Waals surface area contributed by atoms with Crippen molar-refractivity contribution in [2.45, 2.75) is 31.9 Å². The third-order valence-electron chi connectivity index (χ3n) is 3.68. The van der Waals surface area contributed by atoms with Gasteiger partial charge in [-0.2, -0.15) is 18.4 Å². The third-order valence-corrected chi connectivity index (χ3v) is 3.68. The maximum absolute atomic E-state index is 12.5. The van der Waals surface area contributed by atoms with Crippen LogP contribution in [0.3, 0.4) is 0 Å². The first-order chi connectivity index (χ1) is 9.34. The van der Waals surface area contributed by atoms with Gasteiger partial charge in [-0.05, 0) is 25.9 Å². The molecule has 0 radical (unpaired) electrons. The van der Waals surface area contributed by atoms with Crippen molar-refractivity contribution in [2.75, 3.05) is 33.2 Å². The zero-order chi connectivity index (χ0) is 15.2. The van der Waals surface area contributed by atoms with Gasteiger partial charge in [0.05, 0.1) is 18.4 Å². The van der Waals surface area contributed by atoms with Gasteiger partial charge in [-0.1, -0.05) is 0 Å². The lowest BCUT2D eigenvalue weighted by Gasteiger charge is -2.32. The summed E-state index contributed by atoms with van der Waals surface area (Å²) in [4.78, 5) is 15.1. The molecule has 1 rings (SSSR count). The molecular weight excluding hydrogens is 271 g/mol. The first kappa shape index (κ1) is 16.8. The molecule has 0 aliphatic carbocycles. The topological polar surface area (TPSA) is 47.3 Å². The van der Waals surface area contributed by atoms with Crippen LogP contribution in [0.15, 0.2) is 0 Å². The molecule has 0 unspecified atom stereocenters. The van der Waals surface area contributed by atoms with E-state index in [-0.39, 0.29) is 18.7 Å². The van der Waals surface area contributed by atoms with Gasteiger partial charge in [-0.15, -0.1) is 0 Å². The molecule has 0 N–H and O–H groups in total. The second kappa shape index (κ2) is 7.48. The Kier molecular flexibility index (Phi) is 6.27. The van der Waals surface area contributed by atoms with Crippen molar-refractivity contribution in [3.8, 4) is 6.07 Å². The summed E-state index contributed by atoms with van der Waals surface area (Å²) in [5, 5.41) is 8.43. The maximum atomic E-state index is 12.5. The summed E-state index contributed by atoms with van der Waals surface area (Å²) in [7, 11) is 1.63. The van der Waals surface area contributed by atoms with Crippen LogP contribution < -0.4 is 0 Å². The highest BCUT2D eigenvalue weighted by Gasteiger charge is 2.40. The van der Waals surface area contributed by atoms with E-state index < -0.39 is 12.1 Å². The quantitative estimate of drug-likeness (QED) is 0.778. The van der Waals surface area contributed by atoms with Crippen molar-refractivity contribution in [3.05, 3.63) is 0 Å². The fourth-order valence-electron chi connectivity index (χ4n) is 2.27. The highest BCUT2D eigenvalue weighted by atomic mass is 19.4. The van der Waals surface area contributed by atoms with E-state index in [9.17, 15) is 18.0 Å². The van der Waals surface area contributed by atoms with E-state index in [1.165, 1.54) is 4.90 Å². The fourth-order valence-corrected chi connectivity index (χ4v) is 2.27. The lowest BCUT2D eigenvalue weighted by molar-refractivity contribution is -0.185. The number of piperidine rings is 1. The predicted octanol–water partition coefficient (Wildman–Crippen LogP) is 2.02. The van der Waals surface area contributed by atoms with Gasteiger partial charge in [0.25, 0.3) is 0 Å². The summed E-state index contributed by atoms with van der Waals surface area (Å²) in [5.74, 6) is -1.27. The molecule has 0 aromatic carbocycles. The smallest absolute Gasteiger partial charge is 0.345 e. The van der Waals surface area contributed by atoms with Gasteiger partial charge < -0.3 is 9.80 Å². The number of hydrogen-bond acceptors (Lipinski definition) is 3. The predicted molar refractivity (Wildman–Crippen MR) is 67.7 cm³/mol. The van der Waals surface area contributed by atoms with E-state index in [4.69, 9.17) is 5.26 Å². The summed E-state index contributed by atoms with van der Waals surface area (Å²) in [6, 6.07) is 1.97. The third kappa shape index (κ3) is 5.37. The molecule has 1 aliphatic rings. The van der Waals surface area contributed by atoms with Gasteiger partial charge in [0.15, 0.2) is 0 Å². The summed E-state index contributed by atoms with van der Waals surface area (Å²) >= 11 is 0. The second-order valence-electron chi connectivity index (χ2n) is 5.13. The van der Waals surface area contributed by atoms with Crippen LogP contribution in [0.25, 0.3) is 0 Å². The molecule has 0 spiro atoms. The minimum absolute atomic E-state index is 0.0711. The number of hydrogen-bond donors (Lipinski definition) is 0. The van der Waals surface area contributed by atoms with Gasteiger partial charge in [-0.25, -0.2) is 0 Å². The lowest BCUT2D eigenvalue weighted by atomic mass is 9.96. The second-order valence-corrected chi connectivity index (χ2v) is 5.13. The Balaban J connectivity index is 2.24. The Labute approximate surface area is 117 Å². The Hall–Kier alpha value is -1.29. The SMILES string of the molecule is CN(CCC#N)C(=O)CCN1CCC(C(F)(F)F)CC1. The molecule has 114 valence electrons. The van der Waals surface area contributed by atoms with Gasteiger partial charge in [0.2, 0.25) is 5.91 Å². The highest BCUT2D eigenvalue weighted by Crippen LogP contribution is 2.33. The minimum atomic E-state index is -4.10. The molecule has 1 aliphatic heterocycles. The molecule has 0 aromatic heterocycles. The van der Waals surface area contributed by atoms with Gasteiger partial charge in [0, 0.05) is 26.6 Å². The molecule has 1 fully saturated rings. The van der Waals surface area contributed by atoms with Crippen molar-refractivity contribution >= 4 is 5.91 Å². The Morgan fingerprint density at radius 2 is 2.00 bits per heavy atom. The molecule has 0 atom stereocenters. The van der Waals surface area contributed by atoms with E-state index in [0.717, 1.165) is 0 Å². The molecule has 1 amide bonds. The number of nitrogens with zero attached hydrogens (tertiary/aromatic N) is 3. The van der Waals surface area contributed by atoms with Crippen LogP contribution in [0.1, 0.15) is 25.7 Å². The van der Waals surface area contributed by atoms with E-state index in [2.05, 4.69) is 0 Å². The number of carbonyl (C=O) groups is 1. The first-order valence-corrected chi connectivity index (χ1v) is 6.74. The monoisotopic (exact) mass is 291 g/mol. The number of rotatable bonds is 5. The van der Waals surface area contributed by atoms with E-state index >= 15 is 0 Å². The van der Waals surface area contributed by atoms with Crippen LogP contribution >= 0.6 is 0 Å². The molecule has 0 saturated carbocycles. The largest absolute Gasteiger partial charge is 0.391 e. The average molecular weight is 291 g/mol.